The van der Waals surface area contributed by atoms with E-state index >= 15 is 0 Å². The minimum Gasteiger partial charge on any atom is -0.448 e. The number of carbonyl (C=O) groups excluding carboxylic acids is 2. The number of hydrogen-bond donors (Lipinski definition) is 2. The van der Waals surface area contributed by atoms with Gasteiger partial charge in [-0.05, 0) is 12.1 Å². The largest absolute Gasteiger partial charge is 0.448 e. The summed E-state index contributed by atoms with van der Waals surface area (Å²) in [5, 5.41) is 9.39. The number of hydrogen-bond acceptors (Lipinski definition) is 6. The van der Waals surface area contributed by atoms with Crippen molar-refractivity contribution in [1.29, 1.82) is 5.26 Å². The van der Waals surface area contributed by atoms with E-state index in [2.05, 4.69) is 14.9 Å². The van der Waals surface area contributed by atoms with Crippen LogP contribution in [0.15, 0.2) is 24.5 Å². The Labute approximate surface area is 156 Å². The highest BCUT2D eigenvalue weighted by molar-refractivity contribution is 5.95. The maximum Gasteiger partial charge on any atom is 0.409 e. The minimum atomic E-state index is -0.508. The van der Waals surface area contributed by atoms with Gasteiger partial charge in [0.2, 0.25) is 5.91 Å². The Kier molecular flexibility index (Phi) is 5.56. The summed E-state index contributed by atoms with van der Waals surface area (Å²) in [5.74, 6) is -0.508. The molecule has 0 spiro atoms. The number of fused-ring (bicyclic) bond motifs is 1. The Morgan fingerprint density at radius 1 is 1.37 bits per heavy atom. The van der Waals surface area contributed by atoms with Crippen molar-refractivity contribution in [3.63, 3.8) is 0 Å². The van der Waals surface area contributed by atoms with Gasteiger partial charge in [0, 0.05) is 49.4 Å². The third-order valence-corrected chi connectivity index (χ3v) is 4.32. The molecule has 0 unspecified atom stereocenters. The van der Waals surface area contributed by atoms with Crippen molar-refractivity contribution >= 4 is 34.8 Å². The number of pyridine rings is 1. The molecular weight excluding hydrogens is 348 g/mol. The van der Waals surface area contributed by atoms with E-state index in [1.807, 2.05) is 12.1 Å². The fourth-order valence-corrected chi connectivity index (χ4v) is 2.92. The summed E-state index contributed by atoms with van der Waals surface area (Å²) < 4.78 is 5.06. The number of anilines is 1. The maximum atomic E-state index is 11.9. The number of aromatic amines is 1. The number of amides is 2. The number of nitriles is 1. The SMILES string of the molecule is N#CCCOC(=O)N1CCN(c2cnc3[nH]cc(C=CC(N)=O)c3c2)CC1. The van der Waals surface area contributed by atoms with Crippen LogP contribution in [-0.2, 0) is 9.53 Å². The zero-order valence-electron chi connectivity index (χ0n) is 14.7. The van der Waals surface area contributed by atoms with Crippen LogP contribution < -0.4 is 10.6 Å². The number of carbonyl (C=O) groups is 2. The van der Waals surface area contributed by atoms with Crippen LogP contribution in [0.1, 0.15) is 12.0 Å². The highest BCUT2D eigenvalue weighted by Gasteiger charge is 2.22. The van der Waals surface area contributed by atoms with Gasteiger partial charge in [-0.15, -0.1) is 0 Å². The van der Waals surface area contributed by atoms with Gasteiger partial charge in [-0.1, -0.05) is 0 Å². The van der Waals surface area contributed by atoms with E-state index in [-0.39, 0.29) is 19.1 Å². The van der Waals surface area contributed by atoms with Crippen LogP contribution >= 0.6 is 0 Å². The molecule has 2 aromatic heterocycles. The first-order chi connectivity index (χ1) is 13.1. The molecule has 0 aliphatic carbocycles. The summed E-state index contributed by atoms with van der Waals surface area (Å²) >= 11 is 0. The fourth-order valence-electron chi connectivity index (χ4n) is 2.92. The lowest BCUT2D eigenvalue weighted by molar-refractivity contribution is -0.113. The molecule has 3 rings (SSSR count). The van der Waals surface area contributed by atoms with Gasteiger partial charge in [0.1, 0.15) is 12.3 Å². The van der Waals surface area contributed by atoms with E-state index in [0.717, 1.165) is 22.3 Å². The molecule has 2 aromatic rings. The third kappa shape index (κ3) is 4.36. The first-order valence-electron chi connectivity index (χ1n) is 8.56. The van der Waals surface area contributed by atoms with Gasteiger partial charge in [-0.2, -0.15) is 5.26 Å². The van der Waals surface area contributed by atoms with Gasteiger partial charge in [-0.3, -0.25) is 4.79 Å². The van der Waals surface area contributed by atoms with E-state index < -0.39 is 5.91 Å². The van der Waals surface area contributed by atoms with Crippen molar-refractivity contribution < 1.29 is 14.3 Å². The van der Waals surface area contributed by atoms with Gasteiger partial charge in [0.05, 0.1) is 24.4 Å². The van der Waals surface area contributed by atoms with Crippen molar-refractivity contribution in [2.45, 2.75) is 6.42 Å². The molecule has 1 fully saturated rings. The number of aromatic nitrogens is 2. The lowest BCUT2D eigenvalue weighted by atomic mass is 10.2. The summed E-state index contributed by atoms with van der Waals surface area (Å²) in [5.41, 5.74) is 7.65. The molecule has 0 aromatic carbocycles. The van der Waals surface area contributed by atoms with E-state index in [9.17, 15) is 9.59 Å². The number of primary amides is 1. The average Bonchev–Trinajstić information content (AvgIpc) is 3.09. The summed E-state index contributed by atoms with van der Waals surface area (Å²) in [7, 11) is 0. The number of nitrogens with zero attached hydrogens (tertiary/aromatic N) is 4. The molecule has 0 radical (unpaired) electrons. The van der Waals surface area contributed by atoms with Crippen LogP contribution in [0.5, 0.6) is 0 Å². The van der Waals surface area contributed by atoms with Crippen LogP contribution in [0.3, 0.4) is 0 Å². The number of ether oxygens (including phenoxy) is 1. The summed E-state index contributed by atoms with van der Waals surface area (Å²) in [6.45, 7) is 2.48. The normalized spacial score (nSPS) is 14.5. The zero-order chi connectivity index (χ0) is 19.2. The van der Waals surface area contributed by atoms with E-state index in [1.54, 1.807) is 23.4 Å². The molecule has 9 heteroatoms. The van der Waals surface area contributed by atoms with Crippen LogP contribution in [0.2, 0.25) is 0 Å². The molecule has 2 amide bonds. The maximum absolute atomic E-state index is 11.9. The van der Waals surface area contributed by atoms with E-state index in [1.165, 1.54) is 6.08 Å². The van der Waals surface area contributed by atoms with E-state index in [0.29, 0.717) is 26.2 Å². The number of nitrogens with one attached hydrogen (secondary N) is 1. The number of rotatable bonds is 5. The van der Waals surface area contributed by atoms with Gasteiger partial charge in [0.15, 0.2) is 0 Å². The Morgan fingerprint density at radius 2 is 2.15 bits per heavy atom. The highest BCUT2D eigenvalue weighted by Crippen LogP contribution is 2.24. The quantitative estimate of drug-likeness (QED) is 0.603. The third-order valence-electron chi connectivity index (χ3n) is 4.32. The van der Waals surface area contributed by atoms with Gasteiger partial charge < -0.3 is 25.3 Å². The Balaban J connectivity index is 1.66. The lowest BCUT2D eigenvalue weighted by Crippen LogP contribution is -2.49. The van der Waals surface area contributed by atoms with Gasteiger partial charge in [0.25, 0.3) is 0 Å². The zero-order valence-corrected chi connectivity index (χ0v) is 14.7. The smallest absolute Gasteiger partial charge is 0.409 e. The molecule has 0 atom stereocenters. The summed E-state index contributed by atoms with van der Waals surface area (Å²) in [6, 6.07) is 3.94. The highest BCUT2D eigenvalue weighted by atomic mass is 16.6. The van der Waals surface area contributed by atoms with Gasteiger partial charge in [-0.25, -0.2) is 9.78 Å². The van der Waals surface area contributed by atoms with Crippen LogP contribution in [0.4, 0.5) is 10.5 Å². The molecule has 0 bridgehead atoms. The first kappa shape index (κ1) is 18.3. The minimum absolute atomic E-state index is 0.116. The van der Waals surface area contributed by atoms with Crippen molar-refractivity contribution in [3.8, 4) is 6.07 Å². The Morgan fingerprint density at radius 3 is 2.85 bits per heavy atom. The number of H-pyrrole nitrogens is 1. The van der Waals surface area contributed by atoms with Crippen LogP contribution in [0, 0.1) is 11.3 Å². The molecule has 27 heavy (non-hydrogen) atoms. The topological polar surface area (TPSA) is 128 Å². The first-order valence-corrected chi connectivity index (χ1v) is 8.56. The molecule has 1 aliphatic heterocycles. The van der Waals surface area contributed by atoms with Crippen molar-refractivity contribution in [2.24, 2.45) is 5.73 Å². The molecule has 1 aliphatic rings. The molecular formula is C18H20N6O3. The number of nitrogens with two attached hydrogens (primary N) is 1. The number of piperazine rings is 1. The van der Waals surface area contributed by atoms with Crippen molar-refractivity contribution in [1.82, 2.24) is 14.9 Å². The average molecular weight is 368 g/mol. The lowest BCUT2D eigenvalue weighted by Gasteiger charge is -2.35. The predicted molar refractivity (Wildman–Crippen MR) is 99.7 cm³/mol. The van der Waals surface area contributed by atoms with Crippen LogP contribution in [0.25, 0.3) is 17.1 Å². The predicted octanol–water partition coefficient (Wildman–Crippen LogP) is 1.23. The van der Waals surface area contributed by atoms with Gasteiger partial charge >= 0.3 is 6.09 Å². The summed E-state index contributed by atoms with van der Waals surface area (Å²) in [6.07, 6.45) is 6.33. The Hall–Kier alpha value is -3.54. The molecule has 140 valence electrons. The second-order valence-corrected chi connectivity index (χ2v) is 6.07. The second-order valence-electron chi connectivity index (χ2n) is 6.07. The fraction of sp³-hybridized carbons (Fsp3) is 0.333. The molecule has 3 N–H and O–H groups in total. The molecule has 3 heterocycles. The van der Waals surface area contributed by atoms with Crippen molar-refractivity contribution in [2.75, 3.05) is 37.7 Å². The molecule has 0 saturated carbocycles. The summed E-state index contributed by atoms with van der Waals surface area (Å²) in [4.78, 5) is 34.2. The monoisotopic (exact) mass is 368 g/mol. The van der Waals surface area contributed by atoms with Crippen LogP contribution in [-0.4, -0.2) is 59.7 Å². The molecule has 1 saturated heterocycles. The standard InChI is InChI=1S/C18H20N6O3/c19-4-1-9-27-18(26)24-7-5-23(6-8-24)14-10-15-13(2-3-16(20)25)11-21-17(15)22-12-14/h2-3,10-12H,1,5-9H2,(H2,20,25)(H,21,22). The Bertz CT molecular complexity index is 905. The van der Waals surface area contributed by atoms with E-state index in [4.69, 9.17) is 15.7 Å². The second kappa shape index (κ2) is 8.23. The van der Waals surface area contributed by atoms with Crippen molar-refractivity contribution in [3.05, 3.63) is 30.1 Å². The molecule has 9 nitrogen and oxygen atoms in total.